The molecule has 0 spiro atoms. The molecule has 0 atom stereocenters. The van der Waals surface area contributed by atoms with Crippen LogP contribution in [0.3, 0.4) is 0 Å². The Bertz CT molecular complexity index is 986. The van der Waals surface area contributed by atoms with Crippen molar-refractivity contribution in [1.29, 1.82) is 0 Å². The predicted molar refractivity (Wildman–Crippen MR) is 92.8 cm³/mol. The van der Waals surface area contributed by atoms with Crippen LogP contribution in [0.25, 0.3) is 4.96 Å². The second-order valence-corrected chi connectivity index (χ2v) is 6.45. The number of hydrogen-bond acceptors (Lipinski definition) is 7. The quantitative estimate of drug-likeness (QED) is 0.588. The van der Waals surface area contributed by atoms with Crippen LogP contribution in [0.1, 0.15) is 24.0 Å². The number of ether oxygens (including phenoxy) is 2. The number of carbonyl (C=O) groups excluding carboxylic acids is 1. The first-order chi connectivity index (χ1) is 12.6. The minimum atomic E-state index is -0.689. The van der Waals surface area contributed by atoms with Gasteiger partial charge in [-0.25, -0.2) is 14.2 Å². The van der Waals surface area contributed by atoms with E-state index in [2.05, 4.69) is 10.1 Å². The first-order valence-corrected chi connectivity index (χ1v) is 8.80. The highest BCUT2D eigenvalue weighted by Gasteiger charge is 2.11. The number of aromatic nitrogens is 3. The third kappa shape index (κ3) is 4.23. The van der Waals surface area contributed by atoms with E-state index in [9.17, 15) is 14.0 Å². The van der Waals surface area contributed by atoms with Gasteiger partial charge in [0.2, 0.25) is 4.96 Å². The molecule has 7 nitrogen and oxygen atoms in total. The molecule has 2 aromatic heterocycles. The average molecular weight is 377 g/mol. The van der Waals surface area contributed by atoms with Gasteiger partial charge in [0, 0.05) is 12.5 Å². The van der Waals surface area contributed by atoms with Crippen LogP contribution in [0, 0.1) is 5.82 Å². The summed E-state index contributed by atoms with van der Waals surface area (Å²) in [5, 5.41) is 5.03. The van der Waals surface area contributed by atoms with Gasteiger partial charge < -0.3 is 9.47 Å². The zero-order chi connectivity index (χ0) is 18.5. The lowest BCUT2D eigenvalue weighted by Gasteiger charge is -2.07. The van der Waals surface area contributed by atoms with Gasteiger partial charge in [0.1, 0.15) is 11.6 Å². The van der Waals surface area contributed by atoms with E-state index in [1.54, 1.807) is 6.07 Å². The molecular formula is C17H16FN3O4S. The van der Waals surface area contributed by atoms with Crippen LogP contribution >= 0.6 is 11.3 Å². The number of rotatable bonds is 7. The summed E-state index contributed by atoms with van der Waals surface area (Å²) in [6.45, 7) is 1.41. The maximum Gasteiger partial charge on any atom is 0.344 e. The first-order valence-electron chi connectivity index (χ1n) is 7.98. The Morgan fingerprint density at radius 3 is 2.92 bits per heavy atom. The number of carbonyl (C=O) groups is 1. The highest BCUT2D eigenvalue weighted by atomic mass is 32.1. The number of esters is 1. The molecule has 0 amide bonds. The Morgan fingerprint density at radius 1 is 1.35 bits per heavy atom. The molecule has 3 rings (SSSR count). The van der Waals surface area contributed by atoms with Crippen molar-refractivity contribution < 1.29 is 18.7 Å². The number of benzene rings is 1. The number of para-hydroxylation sites is 1. The molecule has 0 saturated carbocycles. The summed E-state index contributed by atoms with van der Waals surface area (Å²) in [7, 11) is 0. The SMILES string of the molecule is CCCc1nn2c(=O)cc(COC(=O)COc3ccccc3F)nc2s1. The summed E-state index contributed by atoms with van der Waals surface area (Å²) in [6.07, 6.45) is 1.69. The van der Waals surface area contributed by atoms with Gasteiger partial charge >= 0.3 is 5.97 Å². The monoisotopic (exact) mass is 377 g/mol. The highest BCUT2D eigenvalue weighted by molar-refractivity contribution is 7.16. The van der Waals surface area contributed by atoms with Gasteiger partial charge in [-0.1, -0.05) is 30.4 Å². The number of halogens is 1. The summed E-state index contributed by atoms with van der Waals surface area (Å²) in [6, 6.07) is 7.03. The van der Waals surface area contributed by atoms with Gasteiger partial charge in [0.25, 0.3) is 5.56 Å². The van der Waals surface area contributed by atoms with Gasteiger partial charge in [-0.3, -0.25) is 4.79 Å². The van der Waals surface area contributed by atoms with Crippen LogP contribution < -0.4 is 10.3 Å². The average Bonchev–Trinajstić information content (AvgIpc) is 3.03. The van der Waals surface area contributed by atoms with Crippen molar-refractivity contribution >= 4 is 22.3 Å². The molecule has 0 bridgehead atoms. The fourth-order valence-electron chi connectivity index (χ4n) is 2.18. The Balaban J connectivity index is 1.61. The van der Waals surface area contributed by atoms with Crippen molar-refractivity contribution in [2.45, 2.75) is 26.4 Å². The Kier molecular flexibility index (Phi) is 5.57. The molecule has 0 aliphatic rings. The van der Waals surface area contributed by atoms with E-state index in [0.29, 0.717) is 10.7 Å². The summed E-state index contributed by atoms with van der Waals surface area (Å²) >= 11 is 1.33. The van der Waals surface area contributed by atoms with Crippen LogP contribution in [0.15, 0.2) is 35.1 Å². The molecule has 26 heavy (non-hydrogen) atoms. The molecule has 2 heterocycles. The molecule has 0 N–H and O–H groups in total. The van der Waals surface area contributed by atoms with Gasteiger partial charge in [0.15, 0.2) is 18.2 Å². The molecule has 1 aromatic carbocycles. The normalized spacial score (nSPS) is 10.8. The van der Waals surface area contributed by atoms with Crippen molar-refractivity contribution in [3.8, 4) is 5.75 Å². The third-order valence-corrected chi connectivity index (χ3v) is 4.34. The Hall–Kier alpha value is -2.81. The van der Waals surface area contributed by atoms with Crippen LogP contribution in [-0.4, -0.2) is 27.2 Å². The molecular weight excluding hydrogens is 361 g/mol. The summed E-state index contributed by atoms with van der Waals surface area (Å²) in [4.78, 5) is 28.6. The smallest absolute Gasteiger partial charge is 0.344 e. The van der Waals surface area contributed by atoms with Crippen molar-refractivity contribution in [3.63, 3.8) is 0 Å². The summed E-state index contributed by atoms with van der Waals surface area (Å²) in [5.41, 5.74) is -0.0109. The van der Waals surface area contributed by atoms with Gasteiger partial charge in [0.05, 0.1) is 5.69 Å². The minimum Gasteiger partial charge on any atom is -0.479 e. The number of fused-ring (bicyclic) bond motifs is 1. The van der Waals surface area contributed by atoms with E-state index in [1.165, 1.54) is 40.1 Å². The molecule has 0 unspecified atom stereocenters. The zero-order valence-corrected chi connectivity index (χ0v) is 14.8. The summed E-state index contributed by atoms with van der Waals surface area (Å²) in [5.74, 6) is -1.28. The predicted octanol–water partition coefficient (Wildman–Crippen LogP) is 2.36. The van der Waals surface area contributed by atoms with Crippen LogP contribution in [0.2, 0.25) is 0 Å². The fraction of sp³-hybridized carbons (Fsp3) is 0.294. The molecule has 9 heteroatoms. The van der Waals surface area contributed by atoms with Crippen molar-refractivity contribution in [1.82, 2.24) is 14.6 Å². The van der Waals surface area contributed by atoms with E-state index >= 15 is 0 Å². The molecule has 0 saturated heterocycles. The Labute approximate surface area is 152 Å². The van der Waals surface area contributed by atoms with Crippen molar-refractivity contribution in [3.05, 3.63) is 57.2 Å². The maximum atomic E-state index is 13.4. The van der Waals surface area contributed by atoms with Gasteiger partial charge in [-0.2, -0.15) is 9.61 Å². The molecule has 0 fully saturated rings. The van der Waals surface area contributed by atoms with Crippen LogP contribution in [0.5, 0.6) is 5.75 Å². The third-order valence-electron chi connectivity index (χ3n) is 3.37. The van der Waals surface area contributed by atoms with E-state index in [4.69, 9.17) is 9.47 Å². The van der Waals surface area contributed by atoms with Crippen LogP contribution in [-0.2, 0) is 22.6 Å². The number of aryl methyl sites for hydroxylation is 1. The highest BCUT2D eigenvalue weighted by Crippen LogP contribution is 2.15. The molecule has 0 aliphatic heterocycles. The molecule has 0 radical (unpaired) electrons. The van der Waals surface area contributed by atoms with Gasteiger partial charge in [-0.05, 0) is 18.6 Å². The van der Waals surface area contributed by atoms with E-state index in [1.807, 2.05) is 6.92 Å². The molecule has 0 aliphatic carbocycles. The summed E-state index contributed by atoms with van der Waals surface area (Å²) < 4.78 is 24.8. The lowest BCUT2D eigenvalue weighted by Crippen LogP contribution is -2.18. The largest absolute Gasteiger partial charge is 0.479 e. The fourth-order valence-corrected chi connectivity index (χ4v) is 3.20. The first kappa shape index (κ1) is 18.0. The number of hydrogen-bond donors (Lipinski definition) is 0. The lowest BCUT2D eigenvalue weighted by atomic mass is 10.3. The van der Waals surface area contributed by atoms with E-state index in [0.717, 1.165) is 17.8 Å². The van der Waals surface area contributed by atoms with E-state index < -0.39 is 18.4 Å². The minimum absolute atomic E-state index is 0.0321. The van der Waals surface area contributed by atoms with E-state index in [-0.39, 0.29) is 17.9 Å². The molecule has 3 aromatic rings. The maximum absolute atomic E-state index is 13.4. The topological polar surface area (TPSA) is 82.8 Å². The van der Waals surface area contributed by atoms with Crippen LogP contribution in [0.4, 0.5) is 4.39 Å². The van der Waals surface area contributed by atoms with Crippen molar-refractivity contribution in [2.24, 2.45) is 0 Å². The Morgan fingerprint density at radius 2 is 2.15 bits per heavy atom. The van der Waals surface area contributed by atoms with Crippen molar-refractivity contribution in [2.75, 3.05) is 6.61 Å². The second kappa shape index (κ2) is 8.05. The zero-order valence-electron chi connectivity index (χ0n) is 14.0. The lowest BCUT2D eigenvalue weighted by molar-refractivity contribution is -0.147. The number of nitrogens with zero attached hydrogens (tertiary/aromatic N) is 3. The van der Waals surface area contributed by atoms with Gasteiger partial charge in [-0.15, -0.1) is 0 Å². The second-order valence-electron chi connectivity index (χ2n) is 5.41. The standard InChI is InChI=1S/C17H16FN3O4S/c1-2-5-14-20-21-15(22)8-11(19-17(21)26-14)9-25-16(23)10-24-13-7-4-3-6-12(13)18/h3-4,6-8H,2,5,9-10H2,1H3. The molecule has 136 valence electrons.